The number of methoxy groups -OCH3 is 1. The molecule has 0 spiro atoms. The van der Waals surface area contributed by atoms with Gasteiger partial charge >= 0.3 is 5.97 Å². The van der Waals surface area contributed by atoms with Crippen molar-refractivity contribution in [3.63, 3.8) is 0 Å². The first-order valence-electron chi connectivity index (χ1n) is 6.63. The first kappa shape index (κ1) is 14.5. The van der Waals surface area contributed by atoms with Crippen LogP contribution in [0.3, 0.4) is 0 Å². The van der Waals surface area contributed by atoms with E-state index in [0.717, 1.165) is 5.92 Å². The van der Waals surface area contributed by atoms with E-state index in [0.29, 0.717) is 12.6 Å². The van der Waals surface area contributed by atoms with Crippen LogP contribution in [0.2, 0.25) is 0 Å². The second kappa shape index (κ2) is 6.97. The Hall–Kier alpha value is -0.610. The molecule has 1 aliphatic carbocycles. The van der Waals surface area contributed by atoms with Crippen LogP contribution in [0, 0.1) is 5.92 Å². The second-order valence-corrected chi connectivity index (χ2v) is 5.02. The zero-order valence-corrected chi connectivity index (χ0v) is 11.3. The van der Waals surface area contributed by atoms with Crippen LogP contribution in [-0.4, -0.2) is 43.7 Å². The van der Waals surface area contributed by atoms with Gasteiger partial charge in [0.1, 0.15) is 6.04 Å². The van der Waals surface area contributed by atoms with Gasteiger partial charge in [0.2, 0.25) is 0 Å². The molecule has 0 saturated heterocycles. The average molecular weight is 242 g/mol. The van der Waals surface area contributed by atoms with Crippen LogP contribution in [0.1, 0.15) is 39.0 Å². The molecule has 0 radical (unpaired) electrons. The highest BCUT2D eigenvalue weighted by atomic mass is 16.5. The molecule has 2 N–H and O–H groups in total. The fourth-order valence-corrected chi connectivity index (χ4v) is 2.78. The molecule has 4 heteroatoms. The van der Waals surface area contributed by atoms with E-state index in [2.05, 4.69) is 11.8 Å². The number of nitrogens with zero attached hydrogens (tertiary/aromatic N) is 1. The minimum absolute atomic E-state index is 0.215. The molecule has 1 saturated carbocycles. The van der Waals surface area contributed by atoms with Gasteiger partial charge in [-0.1, -0.05) is 13.3 Å². The number of nitrogens with two attached hydrogens (primary N) is 1. The zero-order valence-electron chi connectivity index (χ0n) is 11.3. The Balaban J connectivity index is 2.51. The summed E-state index contributed by atoms with van der Waals surface area (Å²) in [5.74, 6) is 0.654. The minimum Gasteiger partial charge on any atom is -0.468 e. The molecule has 1 aliphatic rings. The van der Waals surface area contributed by atoms with Crippen molar-refractivity contribution in [2.75, 3.05) is 20.7 Å². The van der Waals surface area contributed by atoms with Crippen LogP contribution >= 0.6 is 0 Å². The minimum atomic E-state index is -0.289. The Morgan fingerprint density at radius 1 is 1.41 bits per heavy atom. The topological polar surface area (TPSA) is 55.6 Å². The maximum atomic E-state index is 11.6. The first-order chi connectivity index (χ1) is 8.13. The van der Waals surface area contributed by atoms with Crippen molar-refractivity contribution >= 4 is 5.97 Å². The Morgan fingerprint density at radius 2 is 2.00 bits per heavy atom. The molecule has 0 aromatic rings. The van der Waals surface area contributed by atoms with E-state index in [-0.39, 0.29) is 12.0 Å². The Kier molecular flexibility index (Phi) is 5.92. The highest BCUT2D eigenvalue weighted by molar-refractivity contribution is 5.75. The lowest BCUT2D eigenvalue weighted by Gasteiger charge is -2.37. The van der Waals surface area contributed by atoms with Gasteiger partial charge in [-0.2, -0.15) is 0 Å². The van der Waals surface area contributed by atoms with Crippen LogP contribution in [0.5, 0.6) is 0 Å². The molecule has 0 aliphatic heterocycles. The van der Waals surface area contributed by atoms with Gasteiger partial charge in [-0.15, -0.1) is 0 Å². The van der Waals surface area contributed by atoms with Gasteiger partial charge in [0.25, 0.3) is 0 Å². The van der Waals surface area contributed by atoms with Gasteiger partial charge in [-0.25, -0.2) is 0 Å². The summed E-state index contributed by atoms with van der Waals surface area (Å²) in [4.78, 5) is 13.7. The van der Waals surface area contributed by atoms with Crippen molar-refractivity contribution in [3.05, 3.63) is 0 Å². The third-order valence-electron chi connectivity index (χ3n) is 4.16. The third-order valence-corrected chi connectivity index (χ3v) is 4.16. The fourth-order valence-electron chi connectivity index (χ4n) is 2.78. The van der Waals surface area contributed by atoms with Gasteiger partial charge in [0.05, 0.1) is 7.11 Å². The molecule has 0 aromatic heterocycles. The van der Waals surface area contributed by atoms with E-state index in [1.54, 1.807) is 0 Å². The quantitative estimate of drug-likeness (QED) is 0.740. The largest absolute Gasteiger partial charge is 0.468 e. The first-order valence-corrected chi connectivity index (χ1v) is 6.63. The number of carbonyl (C=O) groups excluding carboxylic acids is 1. The van der Waals surface area contributed by atoms with Gasteiger partial charge in [-0.05, 0) is 38.6 Å². The van der Waals surface area contributed by atoms with E-state index in [4.69, 9.17) is 10.5 Å². The van der Waals surface area contributed by atoms with E-state index < -0.39 is 0 Å². The number of likely N-dealkylation sites (N-methyl/N-ethyl adjacent to an activating group) is 1. The molecule has 1 fully saturated rings. The molecule has 1 rings (SSSR count). The van der Waals surface area contributed by atoms with Gasteiger partial charge in [0.15, 0.2) is 0 Å². The predicted octanol–water partition coefficient (Wildman–Crippen LogP) is 1.39. The molecule has 0 bridgehead atoms. The molecule has 1 unspecified atom stereocenters. The van der Waals surface area contributed by atoms with Crippen LogP contribution in [-0.2, 0) is 9.53 Å². The summed E-state index contributed by atoms with van der Waals surface area (Å²) in [5, 5.41) is 0. The number of rotatable bonds is 5. The monoisotopic (exact) mass is 242 g/mol. The van der Waals surface area contributed by atoms with Crippen molar-refractivity contribution in [1.29, 1.82) is 0 Å². The Morgan fingerprint density at radius 3 is 2.41 bits per heavy atom. The zero-order chi connectivity index (χ0) is 12.8. The fraction of sp³-hybridized carbons (Fsp3) is 0.923. The number of ether oxygens (including phenoxy) is 1. The van der Waals surface area contributed by atoms with E-state index in [9.17, 15) is 4.79 Å². The SMILES string of the molecule is CCC1CCC(N(C)C(CN)C(=O)OC)CC1. The second-order valence-electron chi connectivity index (χ2n) is 5.02. The molecule has 17 heavy (non-hydrogen) atoms. The predicted molar refractivity (Wildman–Crippen MR) is 68.7 cm³/mol. The number of hydrogen-bond acceptors (Lipinski definition) is 4. The molecule has 1 atom stereocenters. The normalized spacial score (nSPS) is 26.9. The van der Waals surface area contributed by atoms with Crippen molar-refractivity contribution in [1.82, 2.24) is 4.90 Å². The highest BCUT2D eigenvalue weighted by Crippen LogP contribution is 2.29. The molecule has 4 nitrogen and oxygen atoms in total. The molecule has 0 aromatic carbocycles. The van der Waals surface area contributed by atoms with Crippen LogP contribution < -0.4 is 5.73 Å². The van der Waals surface area contributed by atoms with Gasteiger partial charge in [0, 0.05) is 12.6 Å². The summed E-state index contributed by atoms with van der Waals surface area (Å²) in [6.07, 6.45) is 6.15. The summed E-state index contributed by atoms with van der Waals surface area (Å²) < 4.78 is 4.80. The number of esters is 1. The smallest absolute Gasteiger partial charge is 0.324 e. The Bertz CT molecular complexity index is 238. The average Bonchev–Trinajstić information content (AvgIpc) is 2.39. The standard InChI is InChI=1S/C13H26N2O2/c1-4-10-5-7-11(8-6-10)15(2)12(9-14)13(16)17-3/h10-12H,4-9,14H2,1-3H3. The molecular formula is C13H26N2O2. The lowest BCUT2D eigenvalue weighted by atomic mass is 9.83. The van der Waals surface area contributed by atoms with Crippen molar-refractivity contribution in [2.45, 2.75) is 51.1 Å². The molecule has 0 heterocycles. The lowest BCUT2D eigenvalue weighted by Crippen LogP contribution is -2.50. The van der Waals surface area contributed by atoms with Crippen LogP contribution in [0.15, 0.2) is 0 Å². The third kappa shape index (κ3) is 3.68. The summed E-state index contributed by atoms with van der Waals surface area (Å²) >= 11 is 0. The lowest BCUT2D eigenvalue weighted by molar-refractivity contribution is -0.147. The highest BCUT2D eigenvalue weighted by Gasteiger charge is 2.30. The molecule has 0 amide bonds. The Labute approximate surface area is 104 Å². The maximum absolute atomic E-state index is 11.6. The van der Waals surface area contributed by atoms with Gasteiger partial charge in [-0.3, -0.25) is 9.69 Å². The molecule has 100 valence electrons. The van der Waals surface area contributed by atoms with E-state index in [1.165, 1.54) is 39.2 Å². The number of hydrogen-bond donors (Lipinski definition) is 1. The summed E-state index contributed by atoms with van der Waals surface area (Å²) in [5.41, 5.74) is 5.67. The van der Waals surface area contributed by atoms with Crippen molar-refractivity contribution < 1.29 is 9.53 Å². The summed E-state index contributed by atoms with van der Waals surface area (Å²) in [6.45, 7) is 2.59. The summed E-state index contributed by atoms with van der Waals surface area (Å²) in [6, 6.07) is 0.189. The molecular weight excluding hydrogens is 216 g/mol. The maximum Gasteiger partial charge on any atom is 0.324 e. The van der Waals surface area contributed by atoms with E-state index >= 15 is 0 Å². The van der Waals surface area contributed by atoms with E-state index in [1.807, 2.05) is 7.05 Å². The van der Waals surface area contributed by atoms with Crippen molar-refractivity contribution in [2.24, 2.45) is 11.7 Å². The number of carbonyl (C=O) groups is 1. The van der Waals surface area contributed by atoms with Crippen LogP contribution in [0.25, 0.3) is 0 Å². The van der Waals surface area contributed by atoms with Crippen molar-refractivity contribution in [3.8, 4) is 0 Å². The van der Waals surface area contributed by atoms with Gasteiger partial charge < -0.3 is 10.5 Å². The van der Waals surface area contributed by atoms with Crippen LogP contribution in [0.4, 0.5) is 0 Å². The summed E-state index contributed by atoms with van der Waals surface area (Å²) in [7, 11) is 3.41.